The molecule has 29 heavy (non-hydrogen) atoms. The van der Waals surface area contributed by atoms with Gasteiger partial charge in [-0.3, -0.25) is 14.5 Å². The van der Waals surface area contributed by atoms with E-state index >= 15 is 0 Å². The lowest BCUT2D eigenvalue weighted by molar-refractivity contribution is -0.146. The highest BCUT2D eigenvalue weighted by Gasteiger charge is 2.51. The van der Waals surface area contributed by atoms with Crippen molar-refractivity contribution in [3.63, 3.8) is 0 Å². The molecule has 4 aliphatic rings. The van der Waals surface area contributed by atoms with Gasteiger partial charge in [0, 0.05) is 44.2 Å². The number of carbonyl (C=O) groups excluding carboxylic acids is 2. The summed E-state index contributed by atoms with van der Waals surface area (Å²) in [6, 6.07) is 0. The van der Waals surface area contributed by atoms with Crippen molar-refractivity contribution in [1.29, 1.82) is 0 Å². The van der Waals surface area contributed by atoms with E-state index in [4.69, 9.17) is 0 Å². The van der Waals surface area contributed by atoms with E-state index in [0.717, 1.165) is 69.4 Å². The molecule has 0 aromatic carbocycles. The fourth-order valence-electron chi connectivity index (χ4n) is 5.45. The minimum Gasteiger partial charge on any atom is -0.392 e. The molecule has 1 aromatic heterocycles. The van der Waals surface area contributed by atoms with Crippen LogP contribution in [0.15, 0.2) is 6.33 Å². The van der Waals surface area contributed by atoms with Crippen LogP contribution in [0.1, 0.15) is 49.9 Å². The molecule has 3 fully saturated rings. The Morgan fingerprint density at radius 1 is 1.17 bits per heavy atom. The molecule has 2 amide bonds. The summed E-state index contributed by atoms with van der Waals surface area (Å²) in [7, 11) is 0. The van der Waals surface area contributed by atoms with Crippen LogP contribution in [-0.2, 0) is 21.5 Å². The largest absolute Gasteiger partial charge is 0.392 e. The number of nitrogens with zero attached hydrogens (tertiary/aromatic N) is 4. The van der Waals surface area contributed by atoms with Crippen molar-refractivity contribution in [2.45, 2.75) is 56.6 Å². The van der Waals surface area contributed by atoms with Crippen LogP contribution in [0.5, 0.6) is 0 Å². The molecule has 2 saturated heterocycles. The smallest absolute Gasteiger partial charge is 0.236 e. The zero-order valence-corrected chi connectivity index (χ0v) is 17.0. The van der Waals surface area contributed by atoms with E-state index in [1.165, 1.54) is 0 Å². The predicted octanol–water partition coefficient (Wildman–Crippen LogP) is 0.479. The Kier molecular flexibility index (Phi) is 4.86. The number of nitrogens with one attached hydrogen (secondary N) is 1. The summed E-state index contributed by atoms with van der Waals surface area (Å²) in [6.45, 7) is 3.88. The van der Waals surface area contributed by atoms with Crippen LogP contribution in [0.2, 0.25) is 0 Å². The van der Waals surface area contributed by atoms with Crippen LogP contribution in [0.4, 0.5) is 0 Å². The van der Waals surface area contributed by atoms with Gasteiger partial charge in [-0.1, -0.05) is 0 Å². The van der Waals surface area contributed by atoms with E-state index in [-0.39, 0.29) is 29.4 Å². The summed E-state index contributed by atoms with van der Waals surface area (Å²) >= 11 is 0. The number of fused-ring (bicyclic) bond motifs is 2. The molecule has 1 aliphatic carbocycles. The summed E-state index contributed by atoms with van der Waals surface area (Å²) in [6.07, 6.45) is 7.53. The van der Waals surface area contributed by atoms with Crippen LogP contribution in [0, 0.1) is 5.92 Å². The number of amides is 2. The molecule has 5 rings (SSSR count). The lowest BCUT2D eigenvalue weighted by Gasteiger charge is -2.50. The minimum absolute atomic E-state index is 0.132. The van der Waals surface area contributed by atoms with Crippen LogP contribution >= 0.6 is 0 Å². The third-order valence-corrected chi connectivity index (χ3v) is 7.24. The Labute approximate surface area is 171 Å². The molecule has 4 heterocycles. The topological polar surface area (TPSA) is 92.8 Å². The SMILES string of the molecule is O=C(CN1CCCC(O)C1)N1CCC2(CC1)c1nc[nH]c1CCN2C(=O)C1CC1. The van der Waals surface area contributed by atoms with E-state index in [9.17, 15) is 14.7 Å². The zero-order chi connectivity index (χ0) is 20.0. The van der Waals surface area contributed by atoms with Gasteiger partial charge >= 0.3 is 0 Å². The number of aliphatic hydroxyl groups excluding tert-OH is 1. The first-order valence-corrected chi connectivity index (χ1v) is 11.1. The number of H-pyrrole nitrogens is 1. The first kappa shape index (κ1) is 19.1. The third kappa shape index (κ3) is 3.46. The zero-order valence-electron chi connectivity index (χ0n) is 17.0. The lowest BCUT2D eigenvalue weighted by atomic mass is 9.78. The van der Waals surface area contributed by atoms with Crippen molar-refractivity contribution in [3.05, 3.63) is 17.7 Å². The van der Waals surface area contributed by atoms with Gasteiger partial charge in [0.15, 0.2) is 0 Å². The highest BCUT2D eigenvalue weighted by molar-refractivity contribution is 5.82. The third-order valence-electron chi connectivity index (χ3n) is 7.24. The molecule has 1 aromatic rings. The number of carbonyl (C=O) groups is 2. The van der Waals surface area contributed by atoms with Gasteiger partial charge in [-0.2, -0.15) is 0 Å². The highest BCUT2D eigenvalue weighted by atomic mass is 16.3. The number of imidazole rings is 1. The van der Waals surface area contributed by atoms with Crippen molar-refractivity contribution in [3.8, 4) is 0 Å². The summed E-state index contributed by atoms with van der Waals surface area (Å²) in [5.74, 6) is 0.602. The van der Waals surface area contributed by atoms with Crippen molar-refractivity contribution in [2.24, 2.45) is 5.92 Å². The molecule has 8 heteroatoms. The van der Waals surface area contributed by atoms with E-state index in [0.29, 0.717) is 26.2 Å². The fourth-order valence-corrected chi connectivity index (χ4v) is 5.45. The second kappa shape index (κ2) is 7.40. The molecule has 158 valence electrons. The number of hydrogen-bond acceptors (Lipinski definition) is 5. The molecule has 3 aliphatic heterocycles. The first-order valence-electron chi connectivity index (χ1n) is 11.1. The second-order valence-corrected chi connectivity index (χ2v) is 9.19. The van der Waals surface area contributed by atoms with Gasteiger partial charge in [0.05, 0.1) is 30.2 Å². The number of piperidine rings is 2. The average Bonchev–Trinajstić information content (AvgIpc) is 3.45. The van der Waals surface area contributed by atoms with Gasteiger partial charge in [-0.05, 0) is 45.1 Å². The quantitative estimate of drug-likeness (QED) is 0.769. The lowest BCUT2D eigenvalue weighted by Crippen LogP contribution is -2.59. The molecular formula is C21H31N5O3. The van der Waals surface area contributed by atoms with Crippen molar-refractivity contribution in [2.75, 3.05) is 39.3 Å². The predicted molar refractivity (Wildman–Crippen MR) is 106 cm³/mol. The maximum absolute atomic E-state index is 13.1. The average molecular weight is 402 g/mol. The number of aliphatic hydroxyl groups is 1. The maximum Gasteiger partial charge on any atom is 0.236 e. The molecular weight excluding hydrogens is 370 g/mol. The molecule has 1 unspecified atom stereocenters. The highest BCUT2D eigenvalue weighted by Crippen LogP contribution is 2.45. The molecule has 8 nitrogen and oxygen atoms in total. The number of aromatic nitrogens is 2. The van der Waals surface area contributed by atoms with Gasteiger partial charge < -0.3 is 19.9 Å². The number of likely N-dealkylation sites (tertiary alicyclic amines) is 2. The van der Waals surface area contributed by atoms with Gasteiger partial charge in [-0.25, -0.2) is 4.98 Å². The Morgan fingerprint density at radius 3 is 2.69 bits per heavy atom. The molecule has 1 saturated carbocycles. The number of hydrogen-bond donors (Lipinski definition) is 2. The Hall–Kier alpha value is -1.93. The molecule has 1 atom stereocenters. The Bertz CT molecular complexity index is 781. The number of rotatable bonds is 3. The minimum atomic E-state index is -0.370. The summed E-state index contributed by atoms with van der Waals surface area (Å²) < 4.78 is 0. The van der Waals surface area contributed by atoms with Crippen molar-refractivity contribution in [1.82, 2.24) is 24.7 Å². The van der Waals surface area contributed by atoms with Crippen LogP contribution < -0.4 is 0 Å². The summed E-state index contributed by atoms with van der Waals surface area (Å²) in [4.78, 5) is 39.9. The van der Waals surface area contributed by atoms with Crippen molar-refractivity contribution >= 4 is 11.8 Å². The molecule has 0 bridgehead atoms. The maximum atomic E-state index is 13.1. The normalized spacial score (nSPS) is 27.1. The van der Waals surface area contributed by atoms with E-state index in [1.807, 2.05) is 4.90 Å². The van der Waals surface area contributed by atoms with E-state index in [2.05, 4.69) is 19.8 Å². The summed E-state index contributed by atoms with van der Waals surface area (Å²) in [5, 5.41) is 9.86. The molecule has 2 N–H and O–H groups in total. The molecule has 1 spiro atoms. The number of β-amino-alcohol motifs (C(OH)–C–C–N with tert-alkyl or cyclic N) is 1. The summed E-state index contributed by atoms with van der Waals surface area (Å²) in [5.41, 5.74) is 1.79. The van der Waals surface area contributed by atoms with Gasteiger partial charge in [0.1, 0.15) is 0 Å². The Morgan fingerprint density at radius 2 is 1.97 bits per heavy atom. The van der Waals surface area contributed by atoms with Gasteiger partial charge in [0.2, 0.25) is 11.8 Å². The standard InChI is InChI=1S/C21H31N5O3/c27-16-2-1-8-24(12-16)13-18(28)25-10-6-21(7-11-25)19-17(22-14-23-19)5-9-26(21)20(29)15-3-4-15/h14-16,27H,1-13H2,(H,22,23). The van der Waals surface area contributed by atoms with Crippen LogP contribution in [-0.4, -0.2) is 87.0 Å². The van der Waals surface area contributed by atoms with Gasteiger partial charge in [0.25, 0.3) is 0 Å². The Balaban J connectivity index is 1.29. The van der Waals surface area contributed by atoms with Crippen molar-refractivity contribution < 1.29 is 14.7 Å². The first-order chi connectivity index (χ1) is 14.1. The van der Waals surface area contributed by atoms with Crippen LogP contribution in [0.25, 0.3) is 0 Å². The molecule has 0 radical (unpaired) electrons. The van der Waals surface area contributed by atoms with E-state index in [1.54, 1.807) is 6.33 Å². The van der Waals surface area contributed by atoms with E-state index < -0.39 is 0 Å². The fraction of sp³-hybridized carbons (Fsp3) is 0.762. The van der Waals surface area contributed by atoms with Crippen LogP contribution in [0.3, 0.4) is 0 Å². The number of aromatic amines is 1. The second-order valence-electron chi connectivity index (χ2n) is 9.19. The monoisotopic (exact) mass is 401 g/mol. The van der Waals surface area contributed by atoms with Gasteiger partial charge in [-0.15, -0.1) is 0 Å².